The Bertz CT molecular complexity index is 769. The standard InChI is InChI=1S/C20H24N4OS/c1-15-9-13-24(17-7-2-3-8-18(17)26-15)19(25)16-6-4-12-23(14-16)20-21-10-5-11-22-20/h2-3,5,7-8,10-11,15-16H,4,6,9,12-14H2,1H3. The number of aromatic nitrogens is 2. The molecule has 2 aromatic rings. The second-order valence-electron chi connectivity index (χ2n) is 7.01. The van der Waals surface area contributed by atoms with Crippen molar-refractivity contribution in [2.75, 3.05) is 29.4 Å². The van der Waals surface area contributed by atoms with E-state index in [2.05, 4.69) is 40.0 Å². The van der Waals surface area contributed by atoms with Crippen LogP contribution in [-0.2, 0) is 4.79 Å². The number of benzene rings is 1. The number of anilines is 2. The molecule has 2 unspecified atom stereocenters. The Labute approximate surface area is 158 Å². The van der Waals surface area contributed by atoms with Crippen LogP contribution in [-0.4, -0.2) is 40.8 Å². The van der Waals surface area contributed by atoms with E-state index in [-0.39, 0.29) is 11.8 Å². The molecule has 0 saturated carbocycles. The minimum Gasteiger partial charge on any atom is -0.340 e. The van der Waals surface area contributed by atoms with E-state index >= 15 is 0 Å². The number of carbonyl (C=O) groups excluding carboxylic acids is 1. The molecule has 4 rings (SSSR count). The molecule has 0 bridgehead atoms. The Morgan fingerprint density at radius 1 is 1.12 bits per heavy atom. The molecule has 1 aromatic heterocycles. The molecule has 1 aromatic carbocycles. The topological polar surface area (TPSA) is 49.3 Å². The van der Waals surface area contributed by atoms with Crippen molar-refractivity contribution in [1.82, 2.24) is 9.97 Å². The van der Waals surface area contributed by atoms with Crippen molar-refractivity contribution >= 4 is 29.3 Å². The van der Waals surface area contributed by atoms with Crippen LogP contribution in [0, 0.1) is 5.92 Å². The lowest BCUT2D eigenvalue weighted by molar-refractivity contribution is -0.122. The van der Waals surface area contributed by atoms with Crippen molar-refractivity contribution in [2.24, 2.45) is 5.92 Å². The monoisotopic (exact) mass is 368 g/mol. The zero-order chi connectivity index (χ0) is 17.9. The number of fused-ring (bicyclic) bond motifs is 1. The van der Waals surface area contributed by atoms with Crippen molar-refractivity contribution < 1.29 is 4.79 Å². The number of piperidine rings is 1. The third kappa shape index (κ3) is 3.56. The Morgan fingerprint density at radius 3 is 2.77 bits per heavy atom. The molecule has 1 amide bonds. The highest BCUT2D eigenvalue weighted by Gasteiger charge is 2.33. The number of nitrogens with zero attached hydrogens (tertiary/aromatic N) is 4. The molecule has 1 saturated heterocycles. The van der Waals surface area contributed by atoms with E-state index in [4.69, 9.17) is 0 Å². The predicted octanol–water partition coefficient (Wildman–Crippen LogP) is 3.61. The maximum Gasteiger partial charge on any atom is 0.231 e. The lowest BCUT2D eigenvalue weighted by Gasteiger charge is -2.35. The summed E-state index contributed by atoms with van der Waals surface area (Å²) in [6.07, 6.45) is 6.47. The minimum absolute atomic E-state index is 0.000909. The van der Waals surface area contributed by atoms with Gasteiger partial charge in [-0.25, -0.2) is 9.97 Å². The first-order chi connectivity index (χ1) is 12.7. The van der Waals surface area contributed by atoms with Gasteiger partial charge in [0.1, 0.15) is 0 Å². The van der Waals surface area contributed by atoms with Gasteiger partial charge in [-0.05, 0) is 37.5 Å². The smallest absolute Gasteiger partial charge is 0.231 e. The molecule has 2 aliphatic heterocycles. The number of hydrogen-bond acceptors (Lipinski definition) is 5. The molecule has 0 spiro atoms. The normalized spacial score (nSPS) is 23.3. The minimum atomic E-state index is -0.000909. The molecule has 6 heteroatoms. The van der Waals surface area contributed by atoms with Gasteiger partial charge in [0.15, 0.2) is 0 Å². The molecule has 26 heavy (non-hydrogen) atoms. The molecular formula is C20H24N4OS. The summed E-state index contributed by atoms with van der Waals surface area (Å²) in [6, 6.07) is 10.1. The number of hydrogen-bond donors (Lipinski definition) is 0. The molecule has 2 aliphatic rings. The fraction of sp³-hybridized carbons (Fsp3) is 0.450. The van der Waals surface area contributed by atoms with E-state index in [0.29, 0.717) is 11.8 Å². The maximum atomic E-state index is 13.4. The van der Waals surface area contributed by atoms with Crippen LogP contribution in [0.15, 0.2) is 47.6 Å². The summed E-state index contributed by atoms with van der Waals surface area (Å²) in [4.78, 5) is 27.5. The Kier molecular flexibility index (Phi) is 5.11. The molecule has 5 nitrogen and oxygen atoms in total. The van der Waals surface area contributed by atoms with Gasteiger partial charge in [-0.2, -0.15) is 0 Å². The number of para-hydroxylation sites is 1. The average molecular weight is 369 g/mol. The first-order valence-electron chi connectivity index (χ1n) is 9.31. The maximum absolute atomic E-state index is 13.4. The summed E-state index contributed by atoms with van der Waals surface area (Å²) < 4.78 is 0. The quantitative estimate of drug-likeness (QED) is 0.810. The van der Waals surface area contributed by atoms with E-state index in [9.17, 15) is 4.79 Å². The van der Waals surface area contributed by atoms with Crippen molar-refractivity contribution in [3.63, 3.8) is 0 Å². The van der Waals surface area contributed by atoms with Crippen LogP contribution in [0.5, 0.6) is 0 Å². The van der Waals surface area contributed by atoms with Crippen LogP contribution >= 0.6 is 11.8 Å². The van der Waals surface area contributed by atoms with E-state index < -0.39 is 0 Å². The molecule has 0 radical (unpaired) electrons. The summed E-state index contributed by atoms with van der Waals surface area (Å²) in [5.41, 5.74) is 1.07. The Morgan fingerprint density at radius 2 is 1.92 bits per heavy atom. The molecule has 136 valence electrons. The number of amides is 1. The highest BCUT2D eigenvalue weighted by molar-refractivity contribution is 8.00. The van der Waals surface area contributed by atoms with Gasteiger partial charge in [0.25, 0.3) is 0 Å². The lowest BCUT2D eigenvalue weighted by atomic mass is 9.96. The second kappa shape index (κ2) is 7.66. The van der Waals surface area contributed by atoms with Gasteiger partial charge in [-0.1, -0.05) is 19.1 Å². The van der Waals surface area contributed by atoms with Crippen LogP contribution in [0.1, 0.15) is 26.2 Å². The molecule has 0 aliphatic carbocycles. The zero-order valence-electron chi connectivity index (χ0n) is 15.0. The van der Waals surface area contributed by atoms with Gasteiger partial charge < -0.3 is 9.80 Å². The van der Waals surface area contributed by atoms with Crippen LogP contribution in [0.4, 0.5) is 11.6 Å². The molecule has 2 atom stereocenters. The lowest BCUT2D eigenvalue weighted by Crippen LogP contribution is -2.46. The van der Waals surface area contributed by atoms with Crippen LogP contribution in [0.3, 0.4) is 0 Å². The predicted molar refractivity (Wildman–Crippen MR) is 106 cm³/mol. The first kappa shape index (κ1) is 17.3. The summed E-state index contributed by atoms with van der Waals surface area (Å²) in [5, 5.41) is 0.523. The first-order valence-corrected chi connectivity index (χ1v) is 10.2. The molecule has 0 N–H and O–H groups in total. The van der Waals surface area contributed by atoms with Gasteiger partial charge in [0.05, 0.1) is 11.6 Å². The van der Waals surface area contributed by atoms with Gasteiger partial charge in [-0.3, -0.25) is 4.79 Å². The van der Waals surface area contributed by atoms with E-state index in [0.717, 1.165) is 44.0 Å². The highest BCUT2D eigenvalue weighted by atomic mass is 32.2. The fourth-order valence-corrected chi connectivity index (χ4v) is 4.86. The van der Waals surface area contributed by atoms with Gasteiger partial charge >= 0.3 is 0 Å². The van der Waals surface area contributed by atoms with Crippen molar-refractivity contribution in [3.05, 3.63) is 42.7 Å². The van der Waals surface area contributed by atoms with Gasteiger partial charge in [0.2, 0.25) is 11.9 Å². The van der Waals surface area contributed by atoms with Crippen LogP contribution < -0.4 is 9.80 Å². The fourth-order valence-electron chi connectivity index (χ4n) is 3.75. The second-order valence-corrected chi connectivity index (χ2v) is 8.49. The van der Waals surface area contributed by atoms with Crippen LogP contribution in [0.2, 0.25) is 0 Å². The molecule has 3 heterocycles. The summed E-state index contributed by atoms with van der Waals surface area (Å²) in [6.45, 7) is 4.65. The largest absolute Gasteiger partial charge is 0.340 e. The summed E-state index contributed by atoms with van der Waals surface area (Å²) in [7, 11) is 0. The SMILES string of the molecule is CC1CCN(C(=O)C2CCCN(c3ncccn3)C2)c2ccccc2S1. The van der Waals surface area contributed by atoms with Gasteiger partial charge in [0, 0.05) is 42.2 Å². The number of thioether (sulfide) groups is 1. The number of rotatable bonds is 2. The van der Waals surface area contributed by atoms with Crippen molar-refractivity contribution in [1.29, 1.82) is 0 Å². The third-order valence-corrected chi connectivity index (χ3v) is 6.35. The Balaban J connectivity index is 1.55. The van der Waals surface area contributed by atoms with E-state index in [1.807, 2.05) is 28.8 Å². The zero-order valence-corrected chi connectivity index (χ0v) is 15.9. The molecule has 1 fully saturated rings. The van der Waals surface area contributed by atoms with E-state index in [1.165, 1.54) is 4.90 Å². The number of carbonyl (C=O) groups is 1. The highest BCUT2D eigenvalue weighted by Crippen LogP contribution is 2.38. The Hall–Kier alpha value is -2.08. The van der Waals surface area contributed by atoms with Crippen LogP contribution in [0.25, 0.3) is 0 Å². The van der Waals surface area contributed by atoms with Crippen molar-refractivity contribution in [2.45, 2.75) is 36.3 Å². The molecular weight excluding hydrogens is 344 g/mol. The van der Waals surface area contributed by atoms with Crippen molar-refractivity contribution in [3.8, 4) is 0 Å². The van der Waals surface area contributed by atoms with Gasteiger partial charge in [-0.15, -0.1) is 11.8 Å². The average Bonchev–Trinajstić information content (AvgIpc) is 2.86. The van der Waals surface area contributed by atoms with E-state index in [1.54, 1.807) is 12.4 Å². The summed E-state index contributed by atoms with van der Waals surface area (Å²) in [5.74, 6) is 0.970. The third-order valence-electron chi connectivity index (χ3n) is 5.12. The summed E-state index contributed by atoms with van der Waals surface area (Å²) >= 11 is 1.87.